The summed E-state index contributed by atoms with van der Waals surface area (Å²) in [4.78, 5) is 57.6. The van der Waals surface area contributed by atoms with Crippen molar-refractivity contribution in [2.75, 3.05) is 39.8 Å². The van der Waals surface area contributed by atoms with E-state index in [4.69, 9.17) is 35.3 Å². The zero-order valence-electron chi connectivity index (χ0n) is 33.7. The van der Waals surface area contributed by atoms with Crippen LogP contribution in [-0.4, -0.2) is 111 Å². The number of nitrogens with one attached hydrogen (secondary N) is 2. The average molecular weight is 809 g/mol. The molecule has 57 heavy (non-hydrogen) atoms. The quantitative estimate of drug-likeness (QED) is 0.278. The van der Waals surface area contributed by atoms with E-state index < -0.39 is 65.7 Å². The summed E-state index contributed by atoms with van der Waals surface area (Å²) >= 11 is 6.80. The van der Waals surface area contributed by atoms with Crippen molar-refractivity contribution in [1.82, 2.24) is 15.5 Å². The maximum absolute atomic E-state index is 14.3. The summed E-state index contributed by atoms with van der Waals surface area (Å²) in [6, 6.07) is 8.10. The molecule has 15 heteroatoms. The fourth-order valence-electron chi connectivity index (χ4n) is 7.99. The summed E-state index contributed by atoms with van der Waals surface area (Å²) in [6.07, 6.45) is 1.68. The van der Waals surface area contributed by atoms with Gasteiger partial charge in [0, 0.05) is 45.7 Å². The summed E-state index contributed by atoms with van der Waals surface area (Å²) in [6.45, 7) is 8.57. The van der Waals surface area contributed by atoms with E-state index in [2.05, 4.69) is 10.6 Å². The molecule has 308 valence electrons. The molecule has 2 saturated heterocycles. The Labute approximate surface area is 338 Å². The number of epoxide rings is 1. The number of benzene rings is 2. The number of carbonyl (C=O) groups is 4. The van der Waals surface area contributed by atoms with Crippen molar-refractivity contribution in [3.63, 3.8) is 0 Å². The van der Waals surface area contributed by atoms with Gasteiger partial charge in [-0.05, 0) is 81.1 Å². The standard InChI is InChI=1S/C42H53ClN4O10/c1-23-10-9-11-33(54-8)42(52)21-32(55-40(51)45-42)24(2)37-41(4,57-37)34(20-35(48)47(6)30-17-26(16-23)18-31(53-7)36(30)43)56-39(50)25(3)46(5)38(49)28-12-13-29-22-44-15-14-27(29)19-28/h9-13,17-19,24-25,32-34,37,44,52H,14-16,20-22H2,1-8H3,(H,45,51)/b11-9+,23-10+/t24-,25+,32+,33-,34+,37+,41+,42+/m1/s1. The van der Waals surface area contributed by atoms with Crippen molar-refractivity contribution >= 4 is 41.2 Å². The molecule has 2 fully saturated rings. The summed E-state index contributed by atoms with van der Waals surface area (Å²) in [5.41, 5.74) is 1.72. The van der Waals surface area contributed by atoms with Gasteiger partial charge in [0.2, 0.25) is 5.91 Å². The summed E-state index contributed by atoms with van der Waals surface area (Å²) in [5, 5.41) is 17.9. The topological polar surface area (TPSA) is 168 Å². The maximum atomic E-state index is 14.3. The SMILES string of the molecule is COc1cc2cc(c1Cl)N(C)C(=O)C[C@H](OC(=O)[C@H](C)N(C)C(=O)c1ccc3c(c1)CCNC3)[C@]1(C)O[C@H]1[C@H](C)[C@@H]1C[C@@](O)(NC(=O)O1)[C@H](OC)/C=C/C=C(\C)C2. The summed E-state index contributed by atoms with van der Waals surface area (Å²) in [7, 11) is 6.05. The predicted octanol–water partition coefficient (Wildman–Crippen LogP) is 4.47. The Kier molecular flexibility index (Phi) is 12.4. The Bertz CT molecular complexity index is 1970. The number of halogens is 1. The smallest absolute Gasteiger partial charge is 0.409 e. The van der Waals surface area contributed by atoms with Crippen LogP contribution in [0.5, 0.6) is 5.75 Å². The van der Waals surface area contributed by atoms with E-state index in [-0.39, 0.29) is 23.8 Å². The molecule has 3 amide bonds. The molecular weight excluding hydrogens is 756 g/mol. The number of rotatable bonds is 6. The Morgan fingerprint density at radius 1 is 1.16 bits per heavy atom. The normalized spacial score (nSPS) is 30.9. The van der Waals surface area contributed by atoms with Gasteiger partial charge in [0.25, 0.3) is 5.91 Å². The summed E-state index contributed by atoms with van der Waals surface area (Å²) in [5.74, 6) is -1.69. The van der Waals surface area contributed by atoms with Crippen LogP contribution < -0.4 is 20.3 Å². The molecule has 4 aliphatic heterocycles. The molecule has 6 rings (SSSR count). The number of ether oxygens (including phenoxy) is 5. The largest absolute Gasteiger partial charge is 0.495 e. The highest BCUT2D eigenvalue weighted by atomic mass is 35.5. The van der Waals surface area contributed by atoms with Crippen LogP contribution in [-0.2, 0) is 47.9 Å². The van der Waals surface area contributed by atoms with E-state index in [1.54, 1.807) is 58.2 Å². The molecule has 0 saturated carbocycles. The number of nitrogens with zero attached hydrogens (tertiary/aromatic N) is 2. The van der Waals surface area contributed by atoms with E-state index in [1.807, 2.05) is 25.1 Å². The van der Waals surface area contributed by atoms with E-state index in [9.17, 15) is 24.3 Å². The van der Waals surface area contributed by atoms with Crippen molar-refractivity contribution in [3.05, 3.63) is 81.4 Å². The second kappa shape index (κ2) is 16.8. The van der Waals surface area contributed by atoms with Gasteiger partial charge in [-0.25, -0.2) is 9.59 Å². The third-order valence-electron chi connectivity index (χ3n) is 11.8. The second-order valence-electron chi connectivity index (χ2n) is 15.7. The highest BCUT2D eigenvalue weighted by Crippen LogP contribution is 2.49. The maximum Gasteiger partial charge on any atom is 0.409 e. The van der Waals surface area contributed by atoms with Crippen molar-refractivity contribution < 1.29 is 48.0 Å². The number of anilines is 1. The van der Waals surface area contributed by atoms with Crippen LogP contribution in [0.25, 0.3) is 0 Å². The minimum Gasteiger partial charge on any atom is -0.495 e. The average Bonchev–Trinajstić information content (AvgIpc) is 3.89. The molecule has 3 N–H and O–H groups in total. The molecule has 0 aromatic heterocycles. The van der Waals surface area contributed by atoms with Crippen molar-refractivity contribution in [3.8, 4) is 5.75 Å². The first kappa shape index (κ1) is 42.1. The number of allylic oxidation sites excluding steroid dienone is 3. The molecule has 0 unspecified atom stereocenters. The first-order valence-electron chi connectivity index (χ1n) is 19.2. The van der Waals surface area contributed by atoms with Gasteiger partial charge in [-0.1, -0.05) is 48.4 Å². The van der Waals surface area contributed by atoms with E-state index >= 15 is 0 Å². The zero-order chi connectivity index (χ0) is 41.4. The van der Waals surface area contributed by atoms with Gasteiger partial charge in [0.1, 0.15) is 40.7 Å². The number of hydrogen-bond acceptors (Lipinski definition) is 11. The number of esters is 1. The molecule has 2 aromatic rings. The number of alkyl carbamates (subject to hydrolysis) is 1. The Morgan fingerprint density at radius 3 is 2.63 bits per heavy atom. The van der Waals surface area contributed by atoms with Gasteiger partial charge in [-0.15, -0.1) is 0 Å². The molecule has 2 aromatic carbocycles. The third kappa shape index (κ3) is 8.70. The molecule has 0 aliphatic carbocycles. The predicted molar refractivity (Wildman–Crippen MR) is 212 cm³/mol. The molecule has 0 radical (unpaired) electrons. The monoisotopic (exact) mass is 808 g/mol. The summed E-state index contributed by atoms with van der Waals surface area (Å²) < 4.78 is 29.4. The first-order valence-corrected chi connectivity index (χ1v) is 19.6. The minimum absolute atomic E-state index is 0.0548. The van der Waals surface area contributed by atoms with Crippen LogP contribution in [0.3, 0.4) is 0 Å². The van der Waals surface area contributed by atoms with Gasteiger partial charge < -0.3 is 43.9 Å². The lowest BCUT2D eigenvalue weighted by Gasteiger charge is -2.42. The van der Waals surface area contributed by atoms with Crippen LogP contribution in [0.2, 0.25) is 5.02 Å². The lowest BCUT2D eigenvalue weighted by Crippen LogP contribution is -2.63. The molecule has 14 nitrogen and oxygen atoms in total. The van der Waals surface area contributed by atoms with Crippen LogP contribution in [0.15, 0.2) is 54.1 Å². The van der Waals surface area contributed by atoms with Crippen LogP contribution in [0.1, 0.15) is 67.6 Å². The van der Waals surface area contributed by atoms with E-state index in [0.717, 1.165) is 41.8 Å². The number of methoxy groups -OCH3 is 2. The first-order chi connectivity index (χ1) is 27.0. The van der Waals surface area contributed by atoms with Crippen molar-refractivity contribution in [1.29, 1.82) is 0 Å². The third-order valence-corrected chi connectivity index (χ3v) is 12.2. The Morgan fingerprint density at radius 2 is 1.91 bits per heavy atom. The van der Waals surface area contributed by atoms with Crippen molar-refractivity contribution in [2.24, 2.45) is 5.92 Å². The van der Waals surface area contributed by atoms with Gasteiger partial charge in [0.15, 0.2) is 5.72 Å². The van der Waals surface area contributed by atoms with Crippen molar-refractivity contribution in [2.45, 2.75) is 102 Å². The number of fused-ring (bicyclic) bond motifs is 6. The van der Waals surface area contributed by atoms with Crippen LogP contribution in [0.4, 0.5) is 10.5 Å². The number of amides is 3. The van der Waals surface area contributed by atoms with Gasteiger partial charge >= 0.3 is 12.1 Å². The van der Waals surface area contributed by atoms with Gasteiger partial charge in [-0.3, -0.25) is 14.9 Å². The molecule has 4 bridgehead atoms. The Hall–Kier alpha value is -4.47. The highest BCUT2D eigenvalue weighted by Gasteiger charge is 2.64. The fraction of sp³-hybridized carbons (Fsp3) is 0.524. The lowest BCUT2D eigenvalue weighted by molar-refractivity contribution is -0.158. The van der Waals surface area contributed by atoms with Crippen LogP contribution >= 0.6 is 11.6 Å². The molecular formula is C42H53ClN4O10. The molecule has 0 spiro atoms. The zero-order valence-corrected chi connectivity index (χ0v) is 34.5. The van der Waals surface area contributed by atoms with E-state index in [0.29, 0.717) is 23.4 Å². The number of carbonyl (C=O) groups excluding carboxylic acids is 4. The minimum atomic E-state index is -1.83. The molecule has 8 atom stereocenters. The van der Waals surface area contributed by atoms with Crippen LogP contribution in [0, 0.1) is 5.92 Å². The Balaban J connectivity index is 1.33. The lowest BCUT2D eigenvalue weighted by atomic mass is 9.83. The van der Waals surface area contributed by atoms with Gasteiger partial charge in [-0.2, -0.15) is 0 Å². The number of aliphatic hydroxyl groups is 1. The van der Waals surface area contributed by atoms with E-state index in [1.165, 1.54) is 31.1 Å². The number of hydrogen-bond donors (Lipinski definition) is 3. The molecule has 4 aliphatic rings. The number of likely N-dealkylation sites (N-methyl/N-ethyl adjacent to an activating group) is 1. The second-order valence-corrected chi connectivity index (χ2v) is 16.1. The van der Waals surface area contributed by atoms with Gasteiger partial charge in [0.05, 0.1) is 25.3 Å². The highest BCUT2D eigenvalue weighted by molar-refractivity contribution is 6.35. The molecule has 4 heterocycles. The fourth-order valence-corrected chi connectivity index (χ4v) is 8.30.